The van der Waals surface area contributed by atoms with E-state index in [0.29, 0.717) is 29.6 Å². The lowest BCUT2D eigenvalue weighted by Gasteiger charge is -2.12. The Labute approximate surface area is 183 Å². The van der Waals surface area contributed by atoms with Crippen molar-refractivity contribution in [1.29, 1.82) is 5.41 Å². The second kappa shape index (κ2) is 8.73. The molecular formula is C22H21Cl2N5O. The molecule has 0 aliphatic heterocycles. The van der Waals surface area contributed by atoms with Crippen LogP contribution in [0.2, 0.25) is 10.0 Å². The predicted octanol–water partition coefficient (Wildman–Crippen LogP) is 5.62. The molecule has 3 aromatic carbocycles. The van der Waals surface area contributed by atoms with Gasteiger partial charge in [-0.05, 0) is 55.0 Å². The molecule has 0 saturated heterocycles. The van der Waals surface area contributed by atoms with Crippen LogP contribution in [0.5, 0.6) is 5.75 Å². The molecule has 0 fully saturated rings. The van der Waals surface area contributed by atoms with Gasteiger partial charge in [0.25, 0.3) is 0 Å². The lowest BCUT2D eigenvalue weighted by atomic mass is 10.1. The minimum absolute atomic E-state index is 0.0425. The average Bonchev–Trinajstić information content (AvgIpc) is 3.07. The zero-order valence-electron chi connectivity index (χ0n) is 16.1. The van der Waals surface area contributed by atoms with E-state index >= 15 is 0 Å². The van der Waals surface area contributed by atoms with Crippen molar-refractivity contribution in [3.8, 4) is 5.75 Å². The van der Waals surface area contributed by atoms with Crippen LogP contribution in [0.4, 0.5) is 11.4 Å². The van der Waals surface area contributed by atoms with Crippen molar-refractivity contribution in [3.63, 3.8) is 0 Å². The number of fused-ring (bicyclic) bond motifs is 3. The smallest absolute Gasteiger partial charge is 0.185 e. The molecule has 1 heterocycles. The number of halogens is 2. The maximum Gasteiger partial charge on any atom is 0.185 e. The molecule has 0 atom stereocenters. The van der Waals surface area contributed by atoms with Crippen LogP contribution in [-0.4, -0.2) is 24.1 Å². The fraction of sp³-hybridized carbons (Fsp3) is 0.136. The number of hydrogen-bond donors (Lipinski definition) is 5. The highest BCUT2D eigenvalue weighted by molar-refractivity contribution is 6.32. The number of nitrogens with two attached hydrogens (primary N) is 1. The summed E-state index contributed by atoms with van der Waals surface area (Å²) >= 11 is 12.2. The molecule has 8 heteroatoms. The first-order valence-electron chi connectivity index (χ1n) is 9.48. The summed E-state index contributed by atoms with van der Waals surface area (Å²) in [7, 11) is 0. The zero-order valence-corrected chi connectivity index (χ0v) is 17.6. The summed E-state index contributed by atoms with van der Waals surface area (Å²) < 4.78 is 6.08. The largest absolute Gasteiger partial charge is 0.491 e. The third kappa shape index (κ3) is 4.56. The summed E-state index contributed by atoms with van der Waals surface area (Å²) in [5, 5.41) is 16.8. The highest BCUT2D eigenvalue weighted by Crippen LogP contribution is 2.37. The summed E-state index contributed by atoms with van der Waals surface area (Å²) in [4.78, 5) is 3.43. The molecule has 0 aliphatic carbocycles. The number of hydrogen-bond acceptors (Lipinski definition) is 3. The predicted molar refractivity (Wildman–Crippen MR) is 126 cm³/mol. The number of rotatable bonds is 7. The van der Waals surface area contributed by atoms with Gasteiger partial charge in [-0.2, -0.15) is 0 Å². The number of nitrogens with one attached hydrogen (secondary N) is 4. The molecule has 0 radical (unpaired) electrons. The Morgan fingerprint density at radius 3 is 2.50 bits per heavy atom. The Morgan fingerprint density at radius 1 is 0.967 bits per heavy atom. The molecule has 0 bridgehead atoms. The topological polar surface area (TPSA) is 99.0 Å². The van der Waals surface area contributed by atoms with E-state index in [1.54, 1.807) is 0 Å². The van der Waals surface area contributed by atoms with Crippen molar-refractivity contribution in [2.75, 3.05) is 18.5 Å². The third-order valence-electron chi connectivity index (χ3n) is 4.66. The molecular weight excluding hydrogens is 421 g/mol. The van der Waals surface area contributed by atoms with Crippen LogP contribution in [0.15, 0.2) is 54.6 Å². The van der Waals surface area contributed by atoms with Crippen molar-refractivity contribution in [3.05, 3.63) is 64.6 Å². The fourth-order valence-corrected chi connectivity index (χ4v) is 3.60. The SMILES string of the molecule is N=C(N)NCCCOc1cc(Nc2ccc(Cl)cc2)cc2c1[nH]c1ccc(Cl)cc12. The van der Waals surface area contributed by atoms with Crippen molar-refractivity contribution in [2.45, 2.75) is 6.42 Å². The Kier molecular flexibility index (Phi) is 5.88. The molecule has 0 aliphatic rings. The molecule has 1 aromatic heterocycles. The fourth-order valence-electron chi connectivity index (χ4n) is 3.30. The first kappa shape index (κ1) is 20.2. The third-order valence-corrected chi connectivity index (χ3v) is 5.15. The first-order chi connectivity index (χ1) is 14.5. The number of aromatic amines is 1. The van der Waals surface area contributed by atoms with E-state index in [4.69, 9.17) is 39.1 Å². The second-order valence-corrected chi connectivity index (χ2v) is 7.76. The number of benzene rings is 3. The van der Waals surface area contributed by atoms with Gasteiger partial charge in [-0.3, -0.25) is 5.41 Å². The van der Waals surface area contributed by atoms with Crippen LogP contribution in [0, 0.1) is 5.41 Å². The molecule has 4 rings (SSSR count). The van der Waals surface area contributed by atoms with Gasteiger partial charge in [0.1, 0.15) is 5.75 Å². The Bertz CT molecular complexity index is 1200. The van der Waals surface area contributed by atoms with E-state index in [2.05, 4.69) is 21.7 Å². The van der Waals surface area contributed by atoms with Gasteiger partial charge >= 0.3 is 0 Å². The lowest BCUT2D eigenvalue weighted by Crippen LogP contribution is -2.31. The Balaban J connectivity index is 1.68. The zero-order chi connectivity index (χ0) is 21.1. The minimum atomic E-state index is -0.0425. The summed E-state index contributed by atoms with van der Waals surface area (Å²) in [6.45, 7) is 1.05. The molecule has 154 valence electrons. The molecule has 0 spiro atoms. The summed E-state index contributed by atoms with van der Waals surface area (Å²) in [5.41, 5.74) is 9.03. The molecule has 6 N–H and O–H groups in total. The summed E-state index contributed by atoms with van der Waals surface area (Å²) in [5.74, 6) is 0.693. The maximum absolute atomic E-state index is 7.22. The monoisotopic (exact) mass is 441 g/mol. The summed E-state index contributed by atoms with van der Waals surface area (Å²) in [6, 6.07) is 17.3. The number of anilines is 2. The molecule has 0 saturated carbocycles. The van der Waals surface area contributed by atoms with Crippen LogP contribution in [-0.2, 0) is 0 Å². The molecule has 4 aromatic rings. The first-order valence-corrected chi connectivity index (χ1v) is 10.2. The van der Waals surface area contributed by atoms with Crippen LogP contribution in [0.3, 0.4) is 0 Å². The van der Waals surface area contributed by atoms with Gasteiger partial charge in [-0.15, -0.1) is 0 Å². The van der Waals surface area contributed by atoms with Crippen molar-refractivity contribution in [2.24, 2.45) is 5.73 Å². The second-order valence-electron chi connectivity index (χ2n) is 6.89. The normalized spacial score (nSPS) is 11.0. The van der Waals surface area contributed by atoms with E-state index in [1.807, 2.05) is 48.5 Å². The van der Waals surface area contributed by atoms with Gasteiger partial charge in [-0.1, -0.05) is 23.2 Å². The van der Waals surface area contributed by atoms with E-state index in [0.717, 1.165) is 38.9 Å². The van der Waals surface area contributed by atoms with Crippen LogP contribution >= 0.6 is 23.2 Å². The highest BCUT2D eigenvalue weighted by atomic mass is 35.5. The van der Waals surface area contributed by atoms with Crippen LogP contribution in [0.1, 0.15) is 6.42 Å². The average molecular weight is 442 g/mol. The van der Waals surface area contributed by atoms with Gasteiger partial charge in [0.15, 0.2) is 5.96 Å². The maximum atomic E-state index is 7.22. The van der Waals surface area contributed by atoms with Gasteiger partial charge < -0.3 is 26.1 Å². The summed E-state index contributed by atoms with van der Waals surface area (Å²) in [6.07, 6.45) is 0.710. The highest BCUT2D eigenvalue weighted by Gasteiger charge is 2.12. The van der Waals surface area contributed by atoms with E-state index in [9.17, 15) is 0 Å². The Morgan fingerprint density at radius 2 is 1.73 bits per heavy atom. The number of H-pyrrole nitrogens is 1. The standard InChI is InChI=1S/C22H21Cl2N5O/c23-13-2-5-15(6-3-13)28-16-11-18-17-10-14(24)4-7-19(17)29-21(18)20(12-16)30-9-1-8-27-22(25)26/h2-7,10-12,28-29H,1,8-9H2,(H4,25,26,27). The van der Waals surface area contributed by atoms with Crippen molar-refractivity contribution in [1.82, 2.24) is 10.3 Å². The van der Waals surface area contributed by atoms with Gasteiger partial charge in [-0.25, -0.2) is 0 Å². The van der Waals surface area contributed by atoms with Crippen LogP contribution in [0.25, 0.3) is 21.8 Å². The van der Waals surface area contributed by atoms with Crippen LogP contribution < -0.4 is 21.1 Å². The minimum Gasteiger partial charge on any atom is -0.491 e. The van der Waals surface area contributed by atoms with Crippen molar-refractivity contribution >= 4 is 62.3 Å². The van der Waals surface area contributed by atoms with E-state index in [1.165, 1.54) is 0 Å². The number of guanidine groups is 1. The number of aromatic nitrogens is 1. The van der Waals surface area contributed by atoms with Crippen molar-refractivity contribution < 1.29 is 4.74 Å². The molecule has 0 amide bonds. The van der Waals surface area contributed by atoms with E-state index in [-0.39, 0.29) is 5.96 Å². The molecule has 6 nitrogen and oxygen atoms in total. The quantitative estimate of drug-likeness (QED) is 0.146. The molecule has 0 unspecified atom stereocenters. The van der Waals surface area contributed by atoms with Gasteiger partial charge in [0.2, 0.25) is 0 Å². The van der Waals surface area contributed by atoms with Gasteiger partial charge in [0.05, 0.1) is 12.1 Å². The number of ether oxygens (including phenoxy) is 1. The molecule has 30 heavy (non-hydrogen) atoms. The Hall–Kier alpha value is -3.09. The lowest BCUT2D eigenvalue weighted by molar-refractivity contribution is 0.314. The van der Waals surface area contributed by atoms with E-state index < -0.39 is 0 Å². The van der Waals surface area contributed by atoms with Gasteiger partial charge in [0, 0.05) is 50.3 Å².